The fourth-order valence-corrected chi connectivity index (χ4v) is 1.64. The molecule has 2 N–H and O–H groups in total. The number of hydrogen-bond donors (Lipinski definition) is 1. The molecular formula is C10H15N3O3S2. The second-order valence-corrected chi connectivity index (χ2v) is 4.26. The fourth-order valence-electron chi connectivity index (χ4n) is 1.01. The zero-order valence-electron chi connectivity index (χ0n) is 10.4. The first-order chi connectivity index (χ1) is 8.72. The minimum atomic E-state index is 0.367. The number of nitrogens with zero attached hydrogens (tertiary/aromatic N) is 2. The number of rotatable bonds is 7. The van der Waals surface area contributed by atoms with Crippen LogP contribution in [0.25, 0.3) is 5.70 Å². The van der Waals surface area contributed by atoms with Gasteiger partial charge in [0, 0.05) is 6.20 Å². The molecule has 1 rings (SSSR count). The van der Waals surface area contributed by atoms with Crippen molar-refractivity contribution in [3.05, 3.63) is 18.0 Å². The van der Waals surface area contributed by atoms with Crippen LogP contribution < -0.4 is 10.5 Å². The van der Waals surface area contributed by atoms with E-state index in [1.807, 2.05) is 13.2 Å². The molecule has 0 atom stereocenters. The van der Waals surface area contributed by atoms with E-state index in [0.717, 1.165) is 12.3 Å². The maximum absolute atomic E-state index is 5.85. The van der Waals surface area contributed by atoms with Gasteiger partial charge in [-0.2, -0.15) is 4.98 Å². The van der Waals surface area contributed by atoms with Crippen LogP contribution in [0, 0.1) is 0 Å². The Morgan fingerprint density at radius 2 is 2.33 bits per heavy atom. The quantitative estimate of drug-likeness (QED) is 0.269. The Bertz CT molecular complexity index is 415. The lowest BCUT2D eigenvalue weighted by molar-refractivity contribution is 0.356. The third-order valence-electron chi connectivity index (χ3n) is 1.80. The molecule has 1 aromatic heterocycles. The highest BCUT2D eigenvalue weighted by Gasteiger charge is 2.10. The van der Waals surface area contributed by atoms with E-state index in [1.54, 1.807) is 6.20 Å². The molecule has 0 spiro atoms. The summed E-state index contributed by atoms with van der Waals surface area (Å²) in [6.45, 7) is 2.41. The van der Waals surface area contributed by atoms with Crippen molar-refractivity contribution < 1.29 is 13.1 Å². The van der Waals surface area contributed by atoms with Crippen molar-refractivity contribution >= 4 is 29.8 Å². The van der Waals surface area contributed by atoms with Gasteiger partial charge < -0.3 is 14.7 Å². The van der Waals surface area contributed by atoms with Crippen molar-refractivity contribution in [1.82, 2.24) is 9.97 Å². The number of thioether (sulfide) groups is 1. The molecule has 1 aromatic rings. The van der Waals surface area contributed by atoms with Crippen LogP contribution >= 0.6 is 24.1 Å². The molecule has 6 nitrogen and oxygen atoms in total. The molecule has 0 bridgehead atoms. The van der Waals surface area contributed by atoms with Crippen molar-refractivity contribution in [3.8, 4) is 5.88 Å². The van der Waals surface area contributed by atoms with E-state index in [4.69, 9.17) is 18.8 Å². The van der Waals surface area contributed by atoms with Crippen molar-refractivity contribution in [2.24, 2.45) is 5.73 Å². The zero-order chi connectivity index (χ0) is 13.4. The number of aromatic nitrogens is 2. The minimum absolute atomic E-state index is 0.367. The summed E-state index contributed by atoms with van der Waals surface area (Å²) >= 11 is 2.28. The van der Waals surface area contributed by atoms with Crippen LogP contribution in [-0.2, 0) is 8.37 Å². The van der Waals surface area contributed by atoms with E-state index in [-0.39, 0.29) is 0 Å². The molecule has 18 heavy (non-hydrogen) atoms. The van der Waals surface area contributed by atoms with Gasteiger partial charge in [-0.15, -0.1) is 0 Å². The van der Waals surface area contributed by atoms with Gasteiger partial charge in [-0.05, 0) is 13.2 Å². The third-order valence-corrected chi connectivity index (χ3v) is 2.87. The van der Waals surface area contributed by atoms with Gasteiger partial charge in [-0.1, -0.05) is 11.8 Å². The van der Waals surface area contributed by atoms with Crippen molar-refractivity contribution in [2.75, 3.05) is 20.0 Å². The lowest BCUT2D eigenvalue weighted by Gasteiger charge is -2.07. The SMILES string of the molecule is CCOSO/C=C(/N)c1cnc(SC)nc1OC. The number of ether oxygens (including phenoxy) is 1. The highest BCUT2D eigenvalue weighted by Crippen LogP contribution is 2.23. The van der Waals surface area contributed by atoms with Crippen LogP contribution in [0.3, 0.4) is 0 Å². The Labute approximate surface area is 115 Å². The molecule has 0 radical (unpaired) electrons. The summed E-state index contributed by atoms with van der Waals surface area (Å²) in [7, 11) is 1.53. The van der Waals surface area contributed by atoms with Crippen molar-refractivity contribution in [1.29, 1.82) is 0 Å². The molecule has 0 aliphatic heterocycles. The first-order valence-corrected chi connectivity index (χ1v) is 6.98. The average molecular weight is 289 g/mol. The van der Waals surface area contributed by atoms with Gasteiger partial charge >= 0.3 is 0 Å². The number of methoxy groups -OCH3 is 1. The van der Waals surface area contributed by atoms with Crippen LogP contribution in [0.1, 0.15) is 12.5 Å². The molecular weight excluding hydrogens is 274 g/mol. The highest BCUT2D eigenvalue weighted by molar-refractivity contribution is 7.98. The normalized spacial score (nSPS) is 11.4. The highest BCUT2D eigenvalue weighted by atomic mass is 32.2. The van der Waals surface area contributed by atoms with Crippen LogP contribution in [0.15, 0.2) is 17.6 Å². The van der Waals surface area contributed by atoms with E-state index in [2.05, 4.69) is 9.97 Å². The van der Waals surface area contributed by atoms with E-state index < -0.39 is 0 Å². The molecule has 0 saturated heterocycles. The molecule has 0 aliphatic carbocycles. The Morgan fingerprint density at radius 1 is 1.56 bits per heavy atom. The zero-order valence-corrected chi connectivity index (χ0v) is 12.0. The largest absolute Gasteiger partial charge is 0.480 e. The molecule has 8 heteroatoms. The Morgan fingerprint density at radius 3 is 2.94 bits per heavy atom. The summed E-state index contributed by atoms with van der Waals surface area (Å²) in [5, 5.41) is 0.619. The monoisotopic (exact) mass is 289 g/mol. The number of nitrogens with two attached hydrogens (primary N) is 1. The van der Waals surface area contributed by atoms with Crippen LogP contribution in [0.2, 0.25) is 0 Å². The predicted molar refractivity (Wildman–Crippen MR) is 72.8 cm³/mol. The molecule has 100 valence electrons. The first kappa shape index (κ1) is 14.9. The first-order valence-electron chi connectivity index (χ1n) is 5.08. The Kier molecular flexibility index (Phi) is 6.69. The van der Waals surface area contributed by atoms with E-state index in [9.17, 15) is 0 Å². The minimum Gasteiger partial charge on any atom is -0.480 e. The maximum Gasteiger partial charge on any atom is 0.226 e. The molecule has 0 aliphatic rings. The van der Waals surface area contributed by atoms with Crippen molar-refractivity contribution in [3.63, 3.8) is 0 Å². The summed E-state index contributed by atoms with van der Waals surface area (Å²) in [5.74, 6) is 0.410. The summed E-state index contributed by atoms with van der Waals surface area (Å²) in [4.78, 5) is 8.32. The Hall–Kier alpha value is -1.12. The maximum atomic E-state index is 5.85. The Balaban J connectivity index is 2.80. The molecule has 0 saturated carbocycles. The van der Waals surface area contributed by atoms with E-state index in [1.165, 1.54) is 25.1 Å². The van der Waals surface area contributed by atoms with Gasteiger partial charge in [-0.25, -0.2) is 4.98 Å². The second kappa shape index (κ2) is 8.06. The number of hydrogen-bond acceptors (Lipinski definition) is 8. The van der Waals surface area contributed by atoms with E-state index >= 15 is 0 Å². The summed E-state index contributed by atoms with van der Waals surface area (Å²) in [5.41, 5.74) is 6.79. The predicted octanol–water partition coefficient (Wildman–Crippen LogP) is 2.08. The standard InChI is InChI=1S/C10H15N3O3S2/c1-4-15-18-16-6-8(11)7-5-12-10(17-3)13-9(7)14-2/h5-6H,4,11H2,1-3H3/b8-6+. The fraction of sp³-hybridized carbons (Fsp3) is 0.400. The lowest BCUT2D eigenvalue weighted by atomic mass is 10.2. The van der Waals surface area contributed by atoms with Crippen molar-refractivity contribution in [2.45, 2.75) is 12.1 Å². The molecule has 0 aromatic carbocycles. The summed E-state index contributed by atoms with van der Waals surface area (Å²) in [6, 6.07) is 0. The lowest BCUT2D eigenvalue weighted by Crippen LogP contribution is -2.03. The third kappa shape index (κ3) is 4.28. The van der Waals surface area contributed by atoms with Gasteiger partial charge in [0.25, 0.3) is 0 Å². The molecule has 0 amide bonds. The van der Waals surface area contributed by atoms with Gasteiger partial charge in [-0.3, -0.25) is 4.18 Å². The van der Waals surface area contributed by atoms with Crippen LogP contribution in [0.4, 0.5) is 0 Å². The van der Waals surface area contributed by atoms with Crippen LogP contribution in [-0.4, -0.2) is 29.9 Å². The molecule has 1 heterocycles. The van der Waals surface area contributed by atoms with E-state index in [0.29, 0.717) is 28.9 Å². The smallest absolute Gasteiger partial charge is 0.226 e. The van der Waals surface area contributed by atoms with Crippen LogP contribution in [0.5, 0.6) is 5.88 Å². The van der Waals surface area contributed by atoms with Gasteiger partial charge in [0.05, 0.1) is 25.0 Å². The average Bonchev–Trinajstić information content (AvgIpc) is 2.42. The molecule has 0 fully saturated rings. The van der Waals surface area contributed by atoms with Gasteiger partial charge in [0.2, 0.25) is 18.2 Å². The molecule has 0 unspecified atom stereocenters. The summed E-state index contributed by atoms with van der Waals surface area (Å²) in [6.07, 6.45) is 4.84. The van der Waals surface area contributed by atoms with Gasteiger partial charge in [0.15, 0.2) is 5.16 Å². The van der Waals surface area contributed by atoms with Gasteiger partial charge in [0.1, 0.15) is 6.26 Å². The second-order valence-electron chi connectivity index (χ2n) is 2.92. The topological polar surface area (TPSA) is 79.5 Å². The summed E-state index contributed by atoms with van der Waals surface area (Å²) < 4.78 is 15.1.